The van der Waals surface area contributed by atoms with Crippen molar-refractivity contribution in [1.82, 2.24) is 4.37 Å². The zero-order chi connectivity index (χ0) is 17.3. The van der Waals surface area contributed by atoms with Crippen LogP contribution in [0.3, 0.4) is 0 Å². The van der Waals surface area contributed by atoms with Crippen LogP contribution in [0.2, 0.25) is 0 Å². The second kappa shape index (κ2) is 6.46. The summed E-state index contributed by atoms with van der Waals surface area (Å²) in [7, 11) is -1.77. The van der Waals surface area contributed by atoms with E-state index < -0.39 is 32.5 Å². The highest BCUT2D eigenvalue weighted by molar-refractivity contribution is 7.85. The van der Waals surface area contributed by atoms with Gasteiger partial charge in [-0.1, -0.05) is 0 Å². The van der Waals surface area contributed by atoms with E-state index >= 15 is 0 Å². The van der Waals surface area contributed by atoms with E-state index in [2.05, 4.69) is 8.56 Å². The Morgan fingerprint density at radius 3 is 2.26 bits per heavy atom. The van der Waals surface area contributed by atoms with Crippen molar-refractivity contribution in [3.05, 3.63) is 34.7 Å². The van der Waals surface area contributed by atoms with Crippen LogP contribution < -0.4 is 4.74 Å². The maximum absolute atomic E-state index is 13.1. The van der Waals surface area contributed by atoms with Crippen molar-refractivity contribution in [1.29, 1.82) is 0 Å². The van der Waals surface area contributed by atoms with Gasteiger partial charge in [0.1, 0.15) is 16.4 Å². The molecule has 23 heavy (non-hydrogen) atoms. The first-order valence-corrected chi connectivity index (χ1v) is 8.51. The zero-order valence-corrected chi connectivity index (χ0v) is 13.7. The molecule has 0 saturated heterocycles. The van der Waals surface area contributed by atoms with Gasteiger partial charge in [0.25, 0.3) is 10.1 Å². The lowest BCUT2D eigenvalue weighted by Gasteiger charge is -2.09. The molecule has 1 heterocycles. The molecule has 1 aromatic heterocycles. The second-order valence-corrected chi connectivity index (χ2v) is 6.94. The first-order valence-electron chi connectivity index (χ1n) is 6.16. The van der Waals surface area contributed by atoms with E-state index in [1.807, 2.05) is 0 Å². The van der Waals surface area contributed by atoms with Crippen LogP contribution in [0, 0.1) is 0 Å². The Hall–Kier alpha value is -1.65. The van der Waals surface area contributed by atoms with Crippen molar-refractivity contribution in [3.63, 3.8) is 0 Å². The number of nitrogens with zero attached hydrogens (tertiary/aromatic N) is 1. The Kier molecular flexibility index (Phi) is 4.97. The largest absolute Gasteiger partial charge is 0.497 e. The molecule has 0 bridgehead atoms. The summed E-state index contributed by atoms with van der Waals surface area (Å²) in [5.74, 6) is -0.387. The van der Waals surface area contributed by atoms with Gasteiger partial charge >= 0.3 is 6.18 Å². The van der Waals surface area contributed by atoms with Gasteiger partial charge in [0.2, 0.25) is 0 Å². The third-order valence-corrected chi connectivity index (χ3v) is 5.07. The Balaban J connectivity index is 2.57. The van der Waals surface area contributed by atoms with Gasteiger partial charge in [-0.3, -0.25) is 4.18 Å². The molecular weight excluding hydrogens is 355 g/mol. The quantitative estimate of drug-likeness (QED) is 0.759. The second-order valence-electron chi connectivity index (χ2n) is 4.43. The molecule has 10 heteroatoms. The molecule has 0 aliphatic rings. The van der Waals surface area contributed by atoms with Gasteiger partial charge in [0.05, 0.1) is 19.9 Å². The summed E-state index contributed by atoms with van der Waals surface area (Å²) < 4.78 is 75.5. The van der Waals surface area contributed by atoms with E-state index in [0.29, 0.717) is 11.3 Å². The van der Waals surface area contributed by atoms with Crippen LogP contribution in [-0.4, -0.2) is 27.0 Å². The molecule has 0 N–H and O–H groups in total. The number of alkyl halides is 3. The number of aromatic nitrogens is 1. The van der Waals surface area contributed by atoms with Crippen LogP contribution in [0.1, 0.15) is 10.4 Å². The maximum atomic E-state index is 13.1. The molecule has 0 unspecified atom stereocenters. The number of methoxy groups -OCH3 is 1. The average molecular weight is 367 g/mol. The van der Waals surface area contributed by atoms with Crippen molar-refractivity contribution >= 4 is 21.7 Å². The molecule has 0 spiro atoms. The number of hydrogen-bond donors (Lipinski definition) is 0. The molecular formula is C13H12F3NO4S2. The molecule has 0 aliphatic carbocycles. The summed E-state index contributed by atoms with van der Waals surface area (Å²) in [6.45, 7) is 0. The van der Waals surface area contributed by atoms with E-state index in [1.54, 1.807) is 12.1 Å². The standard InChI is InChI=1S/C13H12F3NO4S2/c1-20-9-5-3-8(4-6-9)11-10(7-23(18,19)21-2)12(22-17-11)13(14,15)16/h3-6H,7H2,1-2H3. The van der Waals surface area contributed by atoms with E-state index in [1.165, 1.54) is 19.2 Å². The number of rotatable bonds is 5. The van der Waals surface area contributed by atoms with Crippen LogP contribution in [0.25, 0.3) is 11.3 Å². The lowest BCUT2D eigenvalue weighted by atomic mass is 10.1. The normalized spacial score (nSPS) is 12.4. The van der Waals surface area contributed by atoms with E-state index in [0.717, 1.165) is 7.11 Å². The Labute approximate surface area is 135 Å². The lowest BCUT2D eigenvalue weighted by Crippen LogP contribution is -2.12. The SMILES string of the molecule is COc1ccc(-c2nsc(C(F)(F)F)c2CS(=O)(=O)OC)cc1. The summed E-state index contributed by atoms with van der Waals surface area (Å²) in [4.78, 5) is -1.05. The first-order chi connectivity index (χ1) is 10.7. The molecule has 1 aromatic carbocycles. The van der Waals surface area contributed by atoms with Gasteiger partial charge in [-0.2, -0.15) is 26.0 Å². The van der Waals surface area contributed by atoms with Crippen molar-refractivity contribution in [3.8, 4) is 17.0 Å². The molecule has 0 aliphatic heterocycles. The molecule has 0 amide bonds. The van der Waals surface area contributed by atoms with Gasteiger partial charge in [-0.25, -0.2) is 0 Å². The molecule has 2 rings (SSSR count). The third kappa shape index (κ3) is 4.01. The minimum Gasteiger partial charge on any atom is -0.497 e. The van der Waals surface area contributed by atoms with Gasteiger partial charge < -0.3 is 4.74 Å². The Morgan fingerprint density at radius 1 is 1.17 bits per heavy atom. The van der Waals surface area contributed by atoms with Crippen molar-refractivity contribution in [2.75, 3.05) is 14.2 Å². The highest BCUT2D eigenvalue weighted by atomic mass is 32.2. The van der Waals surface area contributed by atoms with E-state index in [4.69, 9.17) is 4.74 Å². The lowest BCUT2D eigenvalue weighted by molar-refractivity contribution is -0.134. The summed E-state index contributed by atoms with van der Waals surface area (Å²) in [6, 6.07) is 6.13. The van der Waals surface area contributed by atoms with Crippen LogP contribution in [0.4, 0.5) is 13.2 Å². The predicted molar refractivity (Wildman–Crippen MR) is 78.7 cm³/mol. The van der Waals surface area contributed by atoms with Gasteiger partial charge in [0.15, 0.2) is 0 Å². The monoisotopic (exact) mass is 367 g/mol. The van der Waals surface area contributed by atoms with E-state index in [-0.39, 0.29) is 17.2 Å². The minimum absolute atomic E-state index is 0.0365. The molecule has 126 valence electrons. The predicted octanol–water partition coefficient (Wildman–Crippen LogP) is 3.31. The summed E-state index contributed by atoms with van der Waals surface area (Å²) >= 11 is 0.213. The smallest absolute Gasteiger partial charge is 0.427 e. The summed E-state index contributed by atoms with van der Waals surface area (Å²) in [5.41, 5.74) is -0.0982. The topological polar surface area (TPSA) is 65.5 Å². The molecule has 5 nitrogen and oxygen atoms in total. The number of ether oxygens (including phenoxy) is 1. The third-order valence-electron chi connectivity index (χ3n) is 2.98. The van der Waals surface area contributed by atoms with Crippen molar-refractivity contribution < 1.29 is 30.5 Å². The fraction of sp³-hybridized carbons (Fsp3) is 0.308. The van der Waals surface area contributed by atoms with Gasteiger partial charge in [0, 0.05) is 11.1 Å². The van der Waals surface area contributed by atoms with Crippen LogP contribution >= 0.6 is 11.5 Å². The molecule has 0 atom stereocenters. The molecule has 0 radical (unpaired) electrons. The van der Waals surface area contributed by atoms with Gasteiger partial charge in [-0.15, -0.1) is 0 Å². The van der Waals surface area contributed by atoms with Crippen LogP contribution in [0.5, 0.6) is 5.75 Å². The van der Waals surface area contributed by atoms with Crippen LogP contribution in [0.15, 0.2) is 24.3 Å². The molecule has 2 aromatic rings. The zero-order valence-electron chi connectivity index (χ0n) is 12.0. The van der Waals surface area contributed by atoms with Crippen molar-refractivity contribution in [2.45, 2.75) is 11.9 Å². The number of benzene rings is 1. The van der Waals surface area contributed by atoms with Crippen LogP contribution in [-0.2, 0) is 26.2 Å². The van der Waals surface area contributed by atoms with Crippen molar-refractivity contribution in [2.24, 2.45) is 0 Å². The Bertz CT molecular complexity index is 783. The Morgan fingerprint density at radius 2 is 1.78 bits per heavy atom. The fourth-order valence-electron chi connectivity index (χ4n) is 1.88. The fourth-order valence-corrected chi connectivity index (χ4v) is 3.50. The summed E-state index contributed by atoms with van der Waals surface area (Å²) in [5, 5.41) is 0. The highest BCUT2D eigenvalue weighted by Crippen LogP contribution is 2.40. The summed E-state index contributed by atoms with van der Waals surface area (Å²) in [6.07, 6.45) is -4.69. The maximum Gasteiger partial charge on any atom is 0.427 e. The average Bonchev–Trinajstić information content (AvgIpc) is 2.90. The minimum atomic E-state index is -4.69. The number of hydrogen-bond acceptors (Lipinski definition) is 6. The van der Waals surface area contributed by atoms with Gasteiger partial charge in [-0.05, 0) is 35.8 Å². The first kappa shape index (κ1) is 17.7. The highest BCUT2D eigenvalue weighted by Gasteiger charge is 2.39. The molecule has 0 saturated carbocycles. The molecule has 0 fully saturated rings. The van der Waals surface area contributed by atoms with E-state index in [9.17, 15) is 21.6 Å². The number of halogens is 3.